The van der Waals surface area contributed by atoms with Gasteiger partial charge in [0.25, 0.3) is 9.05 Å². The number of anilines is 4. The minimum Gasteiger partial charge on any atom is -0.445 e. The van der Waals surface area contributed by atoms with E-state index in [1.54, 1.807) is 39.5 Å². The summed E-state index contributed by atoms with van der Waals surface area (Å²) >= 11 is 0. The minimum atomic E-state index is -3.67. The number of pyridine rings is 2. The van der Waals surface area contributed by atoms with Gasteiger partial charge in [0.15, 0.2) is 0 Å². The third-order valence-electron chi connectivity index (χ3n) is 11.1. The maximum absolute atomic E-state index is 13.0. The zero-order chi connectivity index (χ0) is 50.6. The molecule has 6 N–H and O–H groups in total. The average Bonchev–Trinajstić information content (AvgIpc) is 3.31. The molecule has 0 spiro atoms. The third-order valence-corrected chi connectivity index (χ3v) is 14.2. The Hall–Kier alpha value is -6.38. The zero-order valence-electron chi connectivity index (χ0n) is 39.5. The second-order valence-corrected chi connectivity index (χ2v) is 21.5. The molecule has 0 aliphatic carbocycles. The number of piperazine rings is 2. The van der Waals surface area contributed by atoms with Crippen molar-refractivity contribution in [2.75, 3.05) is 60.5 Å². The molecular formula is C52H67ClN8O8S2. The van der Waals surface area contributed by atoms with Crippen molar-refractivity contribution in [3.05, 3.63) is 132 Å². The molecule has 2 atom stereocenters. The molecule has 0 bridgehead atoms. The molecule has 1 amide bonds. The van der Waals surface area contributed by atoms with Gasteiger partial charge < -0.3 is 41.1 Å². The fourth-order valence-electron chi connectivity index (χ4n) is 7.28. The Bertz CT molecular complexity index is 2840. The van der Waals surface area contributed by atoms with Crippen LogP contribution in [0.5, 0.6) is 0 Å². The smallest absolute Gasteiger partial charge is 0.410 e. The molecule has 16 nitrogen and oxygen atoms in total. The van der Waals surface area contributed by atoms with Crippen molar-refractivity contribution in [2.24, 2.45) is 0 Å². The molecule has 2 aliphatic rings. The summed E-state index contributed by atoms with van der Waals surface area (Å²) in [7, 11) is -2.34. The summed E-state index contributed by atoms with van der Waals surface area (Å²) in [6, 6.07) is 30.4. The number of hydrogen-bond acceptors (Lipinski definition) is 14. The highest BCUT2D eigenvalue weighted by molar-refractivity contribution is 8.13. The monoisotopic (exact) mass is 1030 g/mol. The number of nitrogen functional groups attached to an aromatic ring is 2. The van der Waals surface area contributed by atoms with Crippen LogP contribution in [0.3, 0.4) is 0 Å². The maximum atomic E-state index is 13.0. The highest BCUT2D eigenvalue weighted by Gasteiger charge is 2.34. The Balaban J connectivity index is 0.000000303. The molecule has 71 heavy (non-hydrogen) atoms. The summed E-state index contributed by atoms with van der Waals surface area (Å²) < 4.78 is 54.2. The van der Waals surface area contributed by atoms with E-state index in [1.165, 1.54) is 34.8 Å². The molecule has 2 unspecified atom stereocenters. The van der Waals surface area contributed by atoms with Gasteiger partial charge in [-0.25, -0.2) is 31.6 Å². The SMILES string of the molecule is C.C.CC#CC1CN(C(=O)OCc2ccccc2)CCN1c1ccc(C(C)(C)O)cc1.CC#CC1CN(S(=O)(=O)c2ccc(N)nc2)CCN1c1ccc(C(C)(C)O)cc1.Nc1ccc(S(=O)(=O)Cl)cn1. The van der Waals surface area contributed by atoms with Gasteiger partial charge in [0, 0.05) is 67.2 Å². The number of rotatable bonds is 9. The van der Waals surface area contributed by atoms with Gasteiger partial charge >= 0.3 is 6.09 Å². The Morgan fingerprint density at radius 2 is 1.13 bits per heavy atom. The second-order valence-electron chi connectivity index (χ2n) is 17.0. The first kappa shape index (κ1) is 58.9. The number of hydrogen-bond donors (Lipinski definition) is 4. The number of carbonyl (C=O) groups excluding carboxylic acids is 1. The van der Waals surface area contributed by atoms with Crippen molar-refractivity contribution in [1.29, 1.82) is 0 Å². The van der Waals surface area contributed by atoms with Crippen molar-refractivity contribution in [1.82, 2.24) is 19.2 Å². The van der Waals surface area contributed by atoms with Gasteiger partial charge in [0.2, 0.25) is 10.0 Å². The van der Waals surface area contributed by atoms with E-state index in [9.17, 15) is 31.8 Å². The van der Waals surface area contributed by atoms with Gasteiger partial charge in [0.1, 0.15) is 40.1 Å². The number of nitrogens with two attached hydrogens (primary N) is 2. The number of ether oxygens (including phenoxy) is 1. The van der Waals surface area contributed by atoms with Gasteiger partial charge in [-0.15, -0.1) is 11.8 Å². The lowest BCUT2D eigenvalue weighted by Crippen LogP contribution is -2.54. The Kier molecular flexibility index (Phi) is 21.3. The molecule has 2 aromatic heterocycles. The number of sulfonamides is 1. The molecule has 4 heterocycles. The molecule has 382 valence electrons. The van der Waals surface area contributed by atoms with Crippen molar-refractivity contribution < 1.29 is 36.6 Å². The van der Waals surface area contributed by atoms with Crippen LogP contribution in [-0.2, 0) is 41.6 Å². The molecular weight excluding hydrogens is 964 g/mol. The van der Waals surface area contributed by atoms with Crippen LogP contribution in [-0.4, -0.2) is 104 Å². The number of aliphatic hydroxyl groups is 2. The maximum Gasteiger partial charge on any atom is 0.410 e. The number of amides is 1. The Labute approximate surface area is 425 Å². The topological polar surface area (TPSA) is 226 Å². The molecule has 2 saturated heterocycles. The number of halogens is 1. The number of carbonyl (C=O) groups is 1. The number of nitrogens with zero attached hydrogens (tertiary/aromatic N) is 6. The van der Waals surface area contributed by atoms with Crippen molar-refractivity contribution in [3.8, 4) is 23.7 Å². The van der Waals surface area contributed by atoms with E-state index in [4.69, 9.17) is 26.9 Å². The van der Waals surface area contributed by atoms with Crippen LogP contribution in [0, 0.1) is 23.7 Å². The number of aromatic nitrogens is 2. The highest BCUT2D eigenvalue weighted by Crippen LogP contribution is 2.29. The first-order valence-corrected chi connectivity index (χ1v) is 25.6. The highest BCUT2D eigenvalue weighted by atomic mass is 35.7. The molecule has 19 heteroatoms. The van der Waals surface area contributed by atoms with Gasteiger partial charge in [-0.3, -0.25) is 0 Å². The molecule has 7 rings (SSSR count). The zero-order valence-corrected chi connectivity index (χ0v) is 41.8. The standard InChI is InChI=1S/C24H28N2O3.C21H26N4O3S.C5H5ClN2O2S.2CH4/c1-4-8-22-17-25(23(27)29-18-19-9-6-5-7-10-19)15-16-26(22)21-13-11-20(12-14-21)24(2,3)28;1-4-5-18-15-24(29(27,28)19-10-11-20(22)23-14-19)12-13-25(18)17-8-6-16(7-9-17)21(2,3)26;6-11(9,10)4-1-2-5(7)8-3-4;;/h5-7,9-14,22,28H,15-18H2,1-3H3;6-11,14,18,26H,12-13,15H2,1-3H3,(H2,22,23);1-3H,(H2,7,8);2*1H4. The number of benzene rings is 3. The lowest BCUT2D eigenvalue weighted by molar-refractivity contribution is 0.0780. The summed E-state index contributed by atoms with van der Waals surface area (Å²) in [6.07, 6.45) is 2.08. The summed E-state index contributed by atoms with van der Waals surface area (Å²) in [6.45, 7) is 13.7. The minimum absolute atomic E-state index is 0. The van der Waals surface area contributed by atoms with E-state index < -0.39 is 30.3 Å². The van der Waals surface area contributed by atoms with Gasteiger partial charge in [-0.2, -0.15) is 4.31 Å². The van der Waals surface area contributed by atoms with E-state index in [0.29, 0.717) is 32.7 Å². The van der Waals surface area contributed by atoms with Gasteiger partial charge in [-0.1, -0.05) is 81.3 Å². The lowest BCUT2D eigenvalue weighted by atomic mass is 9.98. The van der Waals surface area contributed by atoms with Crippen molar-refractivity contribution >= 4 is 58.9 Å². The second kappa shape index (κ2) is 25.7. The quantitative estimate of drug-likeness (QED) is 0.0833. The Morgan fingerprint density at radius 1 is 0.676 bits per heavy atom. The molecule has 5 aromatic rings. The van der Waals surface area contributed by atoms with Crippen LogP contribution in [0.4, 0.5) is 27.8 Å². The first-order valence-electron chi connectivity index (χ1n) is 21.9. The van der Waals surface area contributed by atoms with Crippen LogP contribution in [0.25, 0.3) is 0 Å². The molecule has 0 radical (unpaired) electrons. The predicted octanol–water partition coefficient (Wildman–Crippen LogP) is 7.42. The van der Waals surface area contributed by atoms with Crippen molar-refractivity contribution in [3.63, 3.8) is 0 Å². The van der Waals surface area contributed by atoms with Crippen LogP contribution in [0.15, 0.2) is 125 Å². The largest absolute Gasteiger partial charge is 0.445 e. The van der Waals surface area contributed by atoms with Crippen LogP contribution in [0.2, 0.25) is 0 Å². The van der Waals surface area contributed by atoms with Crippen molar-refractivity contribution in [2.45, 2.75) is 96.1 Å². The van der Waals surface area contributed by atoms with Gasteiger partial charge in [-0.05, 0) is 107 Å². The molecule has 2 aliphatic heterocycles. The average molecular weight is 1030 g/mol. The van der Waals surface area contributed by atoms with Gasteiger partial charge in [0.05, 0.1) is 17.7 Å². The lowest BCUT2D eigenvalue weighted by Gasteiger charge is -2.40. The molecule has 2 fully saturated rings. The fourth-order valence-corrected chi connectivity index (χ4v) is 9.35. The summed E-state index contributed by atoms with van der Waals surface area (Å²) in [5, 5.41) is 20.3. The summed E-state index contributed by atoms with van der Waals surface area (Å²) in [5.41, 5.74) is 13.6. The van der Waals surface area contributed by atoms with Crippen LogP contribution >= 0.6 is 10.7 Å². The fraction of sp³-hybridized carbons (Fsp3) is 0.365. The first-order chi connectivity index (χ1) is 32.5. The van der Waals surface area contributed by atoms with E-state index in [-0.39, 0.29) is 67.6 Å². The normalized spacial score (nSPS) is 16.0. The van der Waals surface area contributed by atoms with E-state index in [2.05, 4.69) is 43.4 Å². The van der Waals surface area contributed by atoms with Crippen LogP contribution in [0.1, 0.15) is 73.1 Å². The molecule has 3 aromatic carbocycles. The summed E-state index contributed by atoms with van der Waals surface area (Å²) in [5.74, 6) is 12.8. The van der Waals surface area contributed by atoms with E-state index >= 15 is 0 Å². The molecule has 0 saturated carbocycles. The predicted molar refractivity (Wildman–Crippen MR) is 283 cm³/mol. The van der Waals surface area contributed by atoms with Crippen LogP contribution < -0.4 is 21.3 Å². The third kappa shape index (κ3) is 16.6. The van der Waals surface area contributed by atoms with E-state index in [0.717, 1.165) is 34.3 Å². The van der Waals surface area contributed by atoms with E-state index in [1.807, 2.05) is 85.8 Å². The summed E-state index contributed by atoms with van der Waals surface area (Å²) in [4.78, 5) is 26.1. The Morgan fingerprint density at radius 3 is 1.55 bits per heavy atom.